The van der Waals surface area contributed by atoms with E-state index in [-0.39, 0.29) is 11.7 Å². The molecule has 0 saturated heterocycles. The summed E-state index contributed by atoms with van der Waals surface area (Å²) in [7, 11) is 0. The molecule has 17 heavy (non-hydrogen) atoms. The molecule has 0 atom stereocenters. The minimum atomic E-state index is -0.316. The number of likely N-dealkylation sites (N-methyl/N-ethyl adjacent to an activating group) is 1. The van der Waals surface area contributed by atoms with Gasteiger partial charge in [-0.05, 0) is 38.0 Å². The van der Waals surface area contributed by atoms with E-state index in [1.54, 1.807) is 17.0 Å². The van der Waals surface area contributed by atoms with Crippen LogP contribution in [-0.2, 0) is 4.79 Å². The average molecular weight is 236 g/mol. The van der Waals surface area contributed by atoms with Crippen molar-refractivity contribution in [1.82, 2.24) is 5.32 Å². The summed E-state index contributed by atoms with van der Waals surface area (Å²) in [5, 5.41) is 3.17. The molecule has 92 valence electrons. The van der Waals surface area contributed by atoms with E-state index in [1.165, 1.54) is 12.1 Å². The van der Waals surface area contributed by atoms with Crippen LogP contribution in [0.25, 0.3) is 0 Å². The lowest BCUT2D eigenvalue weighted by Crippen LogP contribution is -2.38. The minimum Gasteiger partial charge on any atom is -0.311 e. The number of benzene rings is 1. The maximum absolute atomic E-state index is 13.1. The van der Waals surface area contributed by atoms with Crippen LogP contribution < -0.4 is 10.2 Å². The number of nitrogens with zero attached hydrogens (tertiary/aromatic N) is 1. The Hall–Kier alpha value is -1.42. The highest BCUT2D eigenvalue weighted by Crippen LogP contribution is 2.19. The molecule has 0 radical (unpaired) electrons. The normalized spacial score (nSPS) is 14.7. The Kier molecular flexibility index (Phi) is 3.74. The molecule has 1 saturated carbocycles. The van der Waals surface area contributed by atoms with Gasteiger partial charge in [-0.15, -0.1) is 0 Å². The second kappa shape index (κ2) is 5.27. The predicted octanol–water partition coefficient (Wildman–Crippen LogP) is 1.93. The monoisotopic (exact) mass is 236 g/mol. The number of anilines is 1. The molecule has 1 aromatic rings. The van der Waals surface area contributed by atoms with Gasteiger partial charge in [0.05, 0.1) is 6.54 Å². The zero-order chi connectivity index (χ0) is 12.3. The van der Waals surface area contributed by atoms with Gasteiger partial charge in [-0.25, -0.2) is 4.39 Å². The Bertz CT molecular complexity index is 404. The van der Waals surface area contributed by atoms with Crippen molar-refractivity contribution in [2.45, 2.75) is 25.8 Å². The van der Waals surface area contributed by atoms with Crippen molar-refractivity contribution in [3.63, 3.8) is 0 Å². The first kappa shape index (κ1) is 12.0. The van der Waals surface area contributed by atoms with E-state index in [4.69, 9.17) is 0 Å². The average Bonchev–Trinajstić information content (AvgIpc) is 3.11. The highest BCUT2D eigenvalue weighted by atomic mass is 19.1. The summed E-state index contributed by atoms with van der Waals surface area (Å²) < 4.78 is 13.1. The van der Waals surface area contributed by atoms with Gasteiger partial charge in [0.2, 0.25) is 5.91 Å². The Morgan fingerprint density at radius 3 is 2.88 bits per heavy atom. The van der Waals surface area contributed by atoms with Crippen LogP contribution in [-0.4, -0.2) is 25.0 Å². The van der Waals surface area contributed by atoms with Crippen molar-refractivity contribution in [3.05, 3.63) is 30.1 Å². The van der Waals surface area contributed by atoms with E-state index < -0.39 is 0 Å². The number of halogens is 1. The lowest BCUT2D eigenvalue weighted by molar-refractivity contribution is -0.117. The van der Waals surface area contributed by atoms with Gasteiger partial charge in [-0.2, -0.15) is 0 Å². The topological polar surface area (TPSA) is 32.3 Å². The Morgan fingerprint density at radius 2 is 2.29 bits per heavy atom. The van der Waals surface area contributed by atoms with E-state index in [1.807, 2.05) is 6.92 Å². The smallest absolute Gasteiger partial charge is 0.240 e. The number of carbonyl (C=O) groups excluding carboxylic acids is 1. The van der Waals surface area contributed by atoms with Gasteiger partial charge in [-0.1, -0.05) is 6.07 Å². The second-order valence-corrected chi connectivity index (χ2v) is 4.27. The molecule has 1 aliphatic rings. The summed E-state index contributed by atoms with van der Waals surface area (Å²) >= 11 is 0. The predicted molar refractivity (Wildman–Crippen MR) is 65.5 cm³/mol. The molecule has 1 amide bonds. The summed E-state index contributed by atoms with van der Waals surface area (Å²) in [4.78, 5) is 13.6. The number of hydrogen-bond acceptors (Lipinski definition) is 2. The van der Waals surface area contributed by atoms with Crippen molar-refractivity contribution in [2.24, 2.45) is 0 Å². The minimum absolute atomic E-state index is 0.00926. The molecule has 2 rings (SSSR count). The van der Waals surface area contributed by atoms with Crippen molar-refractivity contribution in [2.75, 3.05) is 18.0 Å². The first-order chi connectivity index (χ1) is 8.20. The third-order valence-corrected chi connectivity index (χ3v) is 2.86. The van der Waals surface area contributed by atoms with Crippen LogP contribution in [0.1, 0.15) is 19.8 Å². The standard InChI is InChI=1S/C13H17FN2O/c1-2-16(12-5-3-4-10(14)8-12)13(17)9-15-11-6-7-11/h3-5,8,11,15H,2,6-7,9H2,1H3. The van der Waals surface area contributed by atoms with Crippen molar-refractivity contribution in [1.29, 1.82) is 0 Å². The number of amides is 1. The lowest BCUT2D eigenvalue weighted by atomic mass is 10.2. The van der Waals surface area contributed by atoms with Gasteiger partial charge < -0.3 is 10.2 Å². The van der Waals surface area contributed by atoms with Gasteiger partial charge in [-0.3, -0.25) is 4.79 Å². The first-order valence-corrected chi connectivity index (χ1v) is 6.00. The fourth-order valence-electron chi connectivity index (χ4n) is 1.76. The Balaban J connectivity index is 2.00. The van der Waals surface area contributed by atoms with Crippen molar-refractivity contribution >= 4 is 11.6 Å². The van der Waals surface area contributed by atoms with Crippen molar-refractivity contribution < 1.29 is 9.18 Å². The molecule has 1 aromatic carbocycles. The third-order valence-electron chi connectivity index (χ3n) is 2.86. The highest BCUT2D eigenvalue weighted by molar-refractivity contribution is 5.94. The molecule has 4 heteroatoms. The molecule has 0 aliphatic heterocycles. The first-order valence-electron chi connectivity index (χ1n) is 6.00. The Labute approximate surface area is 101 Å². The molecule has 0 bridgehead atoms. The van der Waals surface area contributed by atoms with Crippen LogP contribution in [0.4, 0.5) is 10.1 Å². The number of nitrogens with one attached hydrogen (secondary N) is 1. The molecular weight excluding hydrogens is 219 g/mol. The molecule has 1 N–H and O–H groups in total. The largest absolute Gasteiger partial charge is 0.311 e. The summed E-state index contributed by atoms with van der Waals surface area (Å²) in [6.07, 6.45) is 2.30. The fraction of sp³-hybridized carbons (Fsp3) is 0.462. The summed E-state index contributed by atoms with van der Waals surface area (Å²) in [5.41, 5.74) is 0.620. The third kappa shape index (κ3) is 3.27. The summed E-state index contributed by atoms with van der Waals surface area (Å²) in [6, 6.07) is 6.64. The molecule has 1 fully saturated rings. The summed E-state index contributed by atoms with van der Waals surface area (Å²) in [6.45, 7) is 2.77. The zero-order valence-electron chi connectivity index (χ0n) is 9.95. The molecule has 0 spiro atoms. The Morgan fingerprint density at radius 1 is 1.53 bits per heavy atom. The quantitative estimate of drug-likeness (QED) is 0.847. The van der Waals surface area contributed by atoms with Crippen LogP contribution in [0, 0.1) is 5.82 Å². The number of rotatable bonds is 5. The molecular formula is C13H17FN2O. The van der Waals surface area contributed by atoms with Gasteiger partial charge in [0.1, 0.15) is 5.82 Å². The van der Waals surface area contributed by atoms with E-state index in [2.05, 4.69) is 5.32 Å². The lowest BCUT2D eigenvalue weighted by Gasteiger charge is -2.21. The summed E-state index contributed by atoms with van der Waals surface area (Å²) in [5.74, 6) is -0.325. The van der Waals surface area contributed by atoms with Crippen LogP contribution >= 0.6 is 0 Å². The molecule has 0 unspecified atom stereocenters. The van der Waals surface area contributed by atoms with Crippen LogP contribution in [0.15, 0.2) is 24.3 Å². The highest BCUT2D eigenvalue weighted by Gasteiger charge is 2.22. The van der Waals surface area contributed by atoms with Gasteiger partial charge in [0.25, 0.3) is 0 Å². The van der Waals surface area contributed by atoms with E-state index in [0.717, 1.165) is 12.8 Å². The van der Waals surface area contributed by atoms with E-state index in [0.29, 0.717) is 24.8 Å². The van der Waals surface area contributed by atoms with Gasteiger partial charge >= 0.3 is 0 Å². The van der Waals surface area contributed by atoms with E-state index >= 15 is 0 Å². The number of carbonyl (C=O) groups is 1. The van der Waals surface area contributed by atoms with Crippen LogP contribution in [0.5, 0.6) is 0 Å². The SMILES string of the molecule is CCN(C(=O)CNC1CC1)c1cccc(F)c1. The van der Waals surface area contributed by atoms with Crippen LogP contribution in [0.2, 0.25) is 0 Å². The molecule has 0 aromatic heterocycles. The zero-order valence-corrected chi connectivity index (χ0v) is 9.95. The van der Waals surface area contributed by atoms with Crippen LogP contribution in [0.3, 0.4) is 0 Å². The maximum Gasteiger partial charge on any atom is 0.240 e. The fourth-order valence-corrected chi connectivity index (χ4v) is 1.76. The van der Waals surface area contributed by atoms with Crippen molar-refractivity contribution in [3.8, 4) is 0 Å². The molecule has 0 heterocycles. The van der Waals surface area contributed by atoms with E-state index in [9.17, 15) is 9.18 Å². The second-order valence-electron chi connectivity index (χ2n) is 4.27. The molecule has 3 nitrogen and oxygen atoms in total. The molecule has 1 aliphatic carbocycles. The van der Waals surface area contributed by atoms with Gasteiger partial charge in [0, 0.05) is 18.3 Å². The maximum atomic E-state index is 13.1. The van der Waals surface area contributed by atoms with Gasteiger partial charge in [0.15, 0.2) is 0 Å². The number of hydrogen-bond donors (Lipinski definition) is 1.